The summed E-state index contributed by atoms with van der Waals surface area (Å²) in [4.78, 5) is 17.3. The molecule has 1 N–H and O–H groups in total. The van der Waals surface area contributed by atoms with Gasteiger partial charge in [0.1, 0.15) is 0 Å². The highest BCUT2D eigenvalue weighted by Gasteiger charge is 2.17. The number of fused-ring (bicyclic) bond motifs is 1. The van der Waals surface area contributed by atoms with Crippen LogP contribution in [0.15, 0.2) is 65.7 Å². The number of aromatic nitrogens is 3. The first kappa shape index (κ1) is 22.8. The fourth-order valence-corrected chi connectivity index (χ4v) is 4.12. The zero-order chi connectivity index (χ0) is 23.6. The summed E-state index contributed by atoms with van der Waals surface area (Å²) in [5.41, 5.74) is 3.18. The molecular formula is C23H21ClN4O4S. The number of halogens is 1. The van der Waals surface area contributed by atoms with Crippen LogP contribution in [0.4, 0.5) is 10.5 Å². The molecule has 33 heavy (non-hydrogen) atoms. The number of sulfone groups is 1. The van der Waals surface area contributed by atoms with Crippen molar-refractivity contribution in [1.29, 1.82) is 0 Å². The van der Waals surface area contributed by atoms with Gasteiger partial charge in [0.25, 0.3) is 0 Å². The van der Waals surface area contributed by atoms with Gasteiger partial charge in [-0.25, -0.2) is 22.7 Å². The van der Waals surface area contributed by atoms with Gasteiger partial charge in [0, 0.05) is 28.2 Å². The van der Waals surface area contributed by atoms with Crippen LogP contribution in [0, 0.1) is 0 Å². The summed E-state index contributed by atoms with van der Waals surface area (Å²) in [6.07, 6.45) is 3.39. The molecule has 4 aromatic rings. The molecule has 0 bridgehead atoms. The summed E-state index contributed by atoms with van der Waals surface area (Å²) >= 11 is 6.01. The van der Waals surface area contributed by atoms with Crippen molar-refractivity contribution in [2.45, 2.75) is 24.7 Å². The highest BCUT2D eigenvalue weighted by molar-refractivity contribution is 7.90. The van der Waals surface area contributed by atoms with Crippen molar-refractivity contribution in [2.75, 3.05) is 11.6 Å². The minimum absolute atomic E-state index is 0.0924. The molecule has 2 aromatic heterocycles. The first-order valence-electron chi connectivity index (χ1n) is 10.2. The first-order valence-corrected chi connectivity index (χ1v) is 12.4. The van der Waals surface area contributed by atoms with Crippen LogP contribution in [0.5, 0.6) is 5.75 Å². The third-order valence-corrected chi connectivity index (χ3v) is 6.23. The molecule has 0 aliphatic heterocycles. The van der Waals surface area contributed by atoms with Gasteiger partial charge in [-0.15, -0.1) is 0 Å². The van der Waals surface area contributed by atoms with E-state index in [9.17, 15) is 13.2 Å². The number of nitrogens with one attached hydrogen (secondary N) is 1. The zero-order valence-corrected chi connectivity index (χ0v) is 19.5. The average molecular weight is 485 g/mol. The lowest BCUT2D eigenvalue weighted by molar-refractivity contribution is 0.215. The minimum Gasteiger partial charge on any atom is -0.404 e. The third-order valence-electron chi connectivity index (χ3n) is 4.87. The lowest BCUT2D eigenvalue weighted by Gasteiger charge is -2.09. The van der Waals surface area contributed by atoms with E-state index in [4.69, 9.17) is 16.3 Å². The van der Waals surface area contributed by atoms with E-state index in [1.807, 2.05) is 18.2 Å². The van der Waals surface area contributed by atoms with Crippen LogP contribution in [-0.4, -0.2) is 35.4 Å². The maximum absolute atomic E-state index is 12.5. The van der Waals surface area contributed by atoms with Gasteiger partial charge in [0.15, 0.2) is 21.2 Å². The monoisotopic (exact) mass is 484 g/mol. The van der Waals surface area contributed by atoms with E-state index in [-0.39, 0.29) is 10.6 Å². The molecule has 0 radical (unpaired) electrons. The number of anilines is 1. The second kappa shape index (κ2) is 9.21. The normalized spacial score (nSPS) is 11.5. The molecule has 2 aromatic carbocycles. The number of carbonyl (C=O) groups excluding carboxylic acids is 1. The molecule has 0 aliphatic carbocycles. The summed E-state index contributed by atoms with van der Waals surface area (Å²) in [5.74, 6) is 0.180. The smallest absolute Gasteiger partial charge is 0.404 e. The molecule has 0 saturated carbocycles. The Balaban J connectivity index is 1.65. The summed E-state index contributed by atoms with van der Waals surface area (Å²) in [6, 6.07) is 15.2. The second-order valence-electron chi connectivity index (χ2n) is 7.45. The van der Waals surface area contributed by atoms with Gasteiger partial charge in [0.2, 0.25) is 0 Å². The molecule has 0 spiro atoms. The SMILES string of the molecule is CCCc1cc(-c2ccc(Cl)cc2)nc2c(OC(=O)Nc3cccc(S(C)(=O)=O)c3)cnn12. The second-order valence-corrected chi connectivity index (χ2v) is 9.90. The molecule has 4 rings (SSSR count). The Hall–Kier alpha value is -3.43. The number of amides is 1. The summed E-state index contributed by atoms with van der Waals surface area (Å²) < 4.78 is 30.6. The molecule has 0 saturated heterocycles. The van der Waals surface area contributed by atoms with E-state index in [0.717, 1.165) is 30.4 Å². The van der Waals surface area contributed by atoms with Gasteiger partial charge in [0.05, 0.1) is 16.8 Å². The molecule has 2 heterocycles. The summed E-state index contributed by atoms with van der Waals surface area (Å²) in [5, 5.41) is 7.51. The highest BCUT2D eigenvalue weighted by Crippen LogP contribution is 2.27. The van der Waals surface area contributed by atoms with Crippen LogP contribution in [0.2, 0.25) is 5.02 Å². The van der Waals surface area contributed by atoms with Crippen LogP contribution < -0.4 is 10.1 Å². The van der Waals surface area contributed by atoms with Crippen molar-refractivity contribution >= 4 is 38.9 Å². The van der Waals surface area contributed by atoms with E-state index >= 15 is 0 Å². The molecule has 170 valence electrons. The largest absolute Gasteiger partial charge is 0.417 e. The lowest BCUT2D eigenvalue weighted by Crippen LogP contribution is -2.17. The number of aryl methyl sites for hydroxylation is 1. The number of nitrogens with zero attached hydrogens (tertiary/aromatic N) is 3. The lowest BCUT2D eigenvalue weighted by atomic mass is 10.1. The van der Waals surface area contributed by atoms with Gasteiger partial charge in [-0.3, -0.25) is 5.32 Å². The van der Waals surface area contributed by atoms with Crippen LogP contribution in [-0.2, 0) is 16.3 Å². The highest BCUT2D eigenvalue weighted by atomic mass is 35.5. The average Bonchev–Trinajstić information content (AvgIpc) is 3.17. The minimum atomic E-state index is -3.41. The molecule has 0 fully saturated rings. The van der Waals surface area contributed by atoms with Gasteiger partial charge in [-0.05, 0) is 42.8 Å². The first-order chi connectivity index (χ1) is 15.7. The molecule has 8 nitrogen and oxygen atoms in total. The third kappa shape index (κ3) is 5.15. The summed E-state index contributed by atoms with van der Waals surface area (Å²) in [6.45, 7) is 2.06. The van der Waals surface area contributed by atoms with Crippen molar-refractivity contribution < 1.29 is 17.9 Å². The zero-order valence-electron chi connectivity index (χ0n) is 17.9. The van der Waals surface area contributed by atoms with Crippen molar-refractivity contribution in [1.82, 2.24) is 14.6 Å². The van der Waals surface area contributed by atoms with E-state index in [1.165, 1.54) is 24.4 Å². The Kier molecular flexibility index (Phi) is 6.35. The maximum Gasteiger partial charge on any atom is 0.417 e. The number of benzene rings is 2. The Morgan fingerprint density at radius 3 is 2.61 bits per heavy atom. The van der Waals surface area contributed by atoms with E-state index in [2.05, 4.69) is 22.3 Å². The number of hydrogen-bond acceptors (Lipinski definition) is 6. The standard InChI is InChI=1S/C23H21ClN4O4S/c1-3-5-18-13-20(15-8-10-16(24)11-9-15)27-22-21(14-25-28(18)22)32-23(29)26-17-6-4-7-19(12-17)33(2,30)31/h4,6-14H,3,5H2,1-2H3,(H,26,29). The van der Waals surface area contributed by atoms with Crippen LogP contribution >= 0.6 is 11.6 Å². The van der Waals surface area contributed by atoms with Crippen LogP contribution in [0.3, 0.4) is 0 Å². The number of hydrogen-bond donors (Lipinski definition) is 1. The predicted molar refractivity (Wildman–Crippen MR) is 127 cm³/mol. The van der Waals surface area contributed by atoms with Crippen molar-refractivity contribution in [3.63, 3.8) is 0 Å². The van der Waals surface area contributed by atoms with Crippen molar-refractivity contribution in [3.05, 3.63) is 71.5 Å². The predicted octanol–water partition coefficient (Wildman–Crippen LogP) is 5.02. The van der Waals surface area contributed by atoms with Gasteiger partial charge < -0.3 is 4.74 Å². The van der Waals surface area contributed by atoms with E-state index in [0.29, 0.717) is 22.1 Å². The molecule has 0 aliphatic rings. The van der Waals surface area contributed by atoms with Gasteiger partial charge in [-0.1, -0.05) is 43.1 Å². The maximum atomic E-state index is 12.5. The van der Waals surface area contributed by atoms with Gasteiger partial charge >= 0.3 is 6.09 Å². The van der Waals surface area contributed by atoms with E-state index < -0.39 is 15.9 Å². The molecule has 1 amide bonds. The molecule has 0 unspecified atom stereocenters. The number of carbonyl (C=O) groups is 1. The molecular weight excluding hydrogens is 464 g/mol. The number of ether oxygens (including phenoxy) is 1. The topological polar surface area (TPSA) is 103 Å². The Morgan fingerprint density at radius 2 is 1.91 bits per heavy atom. The number of rotatable bonds is 6. The quantitative estimate of drug-likeness (QED) is 0.412. The Morgan fingerprint density at radius 1 is 1.15 bits per heavy atom. The fraction of sp³-hybridized carbons (Fsp3) is 0.174. The molecule has 0 atom stereocenters. The fourth-order valence-electron chi connectivity index (χ4n) is 3.33. The summed E-state index contributed by atoms with van der Waals surface area (Å²) in [7, 11) is -3.41. The van der Waals surface area contributed by atoms with Gasteiger partial charge in [-0.2, -0.15) is 5.10 Å². The Bertz CT molecular complexity index is 1430. The van der Waals surface area contributed by atoms with Crippen LogP contribution in [0.1, 0.15) is 19.0 Å². The molecule has 10 heteroatoms. The van der Waals surface area contributed by atoms with Crippen molar-refractivity contribution in [3.8, 4) is 17.0 Å². The Labute approximate surface area is 196 Å². The van der Waals surface area contributed by atoms with E-state index in [1.54, 1.807) is 22.7 Å². The van der Waals surface area contributed by atoms with Crippen LogP contribution in [0.25, 0.3) is 16.9 Å². The van der Waals surface area contributed by atoms with Crippen molar-refractivity contribution in [2.24, 2.45) is 0 Å².